The average molecular weight is 285 g/mol. The quantitative estimate of drug-likeness (QED) is 0.830. The van der Waals surface area contributed by atoms with Crippen LogP contribution in [0.2, 0.25) is 0 Å². The van der Waals surface area contributed by atoms with Gasteiger partial charge in [-0.05, 0) is 55.5 Å². The van der Waals surface area contributed by atoms with Gasteiger partial charge >= 0.3 is 0 Å². The Labute approximate surface area is 126 Å². The Morgan fingerprint density at radius 1 is 0.950 bits per heavy atom. The molecule has 0 amide bonds. The standard InChI is InChI=1S/C18H23NS/c1-13-8-9-16(10-15(13)3)11-17(19)12-20-18-7-5-4-6-14(18)2/h4-10,17H,11-12,19H2,1-3H3. The fourth-order valence-electron chi connectivity index (χ4n) is 2.21. The number of hydrogen-bond acceptors (Lipinski definition) is 2. The molecule has 20 heavy (non-hydrogen) atoms. The zero-order valence-corrected chi connectivity index (χ0v) is 13.3. The van der Waals surface area contributed by atoms with E-state index in [4.69, 9.17) is 5.73 Å². The van der Waals surface area contributed by atoms with E-state index in [1.165, 1.54) is 27.1 Å². The molecule has 2 N–H and O–H groups in total. The highest BCUT2D eigenvalue weighted by Crippen LogP contribution is 2.23. The molecule has 2 heteroatoms. The van der Waals surface area contributed by atoms with Crippen LogP contribution in [0.25, 0.3) is 0 Å². The maximum Gasteiger partial charge on any atom is 0.0174 e. The third-order valence-corrected chi connectivity index (χ3v) is 4.98. The molecule has 2 aromatic carbocycles. The second-order valence-electron chi connectivity index (χ2n) is 5.46. The molecule has 0 spiro atoms. The first-order chi connectivity index (χ1) is 9.56. The van der Waals surface area contributed by atoms with Crippen molar-refractivity contribution in [2.45, 2.75) is 38.1 Å². The molecule has 0 aliphatic carbocycles. The molecule has 2 aromatic rings. The van der Waals surface area contributed by atoms with E-state index < -0.39 is 0 Å². The molecule has 0 saturated carbocycles. The van der Waals surface area contributed by atoms with E-state index in [-0.39, 0.29) is 6.04 Å². The molecule has 1 atom stereocenters. The van der Waals surface area contributed by atoms with Crippen LogP contribution in [0.15, 0.2) is 47.4 Å². The molecule has 1 nitrogen and oxygen atoms in total. The molecule has 0 radical (unpaired) electrons. The van der Waals surface area contributed by atoms with Crippen LogP contribution >= 0.6 is 11.8 Å². The summed E-state index contributed by atoms with van der Waals surface area (Å²) in [7, 11) is 0. The molecule has 0 heterocycles. The van der Waals surface area contributed by atoms with E-state index in [0.717, 1.165) is 12.2 Å². The summed E-state index contributed by atoms with van der Waals surface area (Å²) in [6, 6.07) is 15.3. The summed E-state index contributed by atoms with van der Waals surface area (Å²) < 4.78 is 0. The van der Waals surface area contributed by atoms with Gasteiger partial charge in [0.15, 0.2) is 0 Å². The van der Waals surface area contributed by atoms with Crippen LogP contribution in [0.5, 0.6) is 0 Å². The molecule has 0 aromatic heterocycles. The second kappa shape index (κ2) is 6.96. The summed E-state index contributed by atoms with van der Waals surface area (Å²) >= 11 is 1.86. The monoisotopic (exact) mass is 285 g/mol. The van der Waals surface area contributed by atoms with Crippen LogP contribution in [0.3, 0.4) is 0 Å². The minimum Gasteiger partial charge on any atom is -0.327 e. The highest BCUT2D eigenvalue weighted by molar-refractivity contribution is 7.99. The van der Waals surface area contributed by atoms with Crippen molar-refractivity contribution in [1.82, 2.24) is 0 Å². The van der Waals surface area contributed by atoms with Gasteiger partial charge in [0.2, 0.25) is 0 Å². The summed E-state index contributed by atoms with van der Waals surface area (Å²) in [6.45, 7) is 6.46. The average Bonchev–Trinajstić information content (AvgIpc) is 2.42. The highest BCUT2D eigenvalue weighted by Gasteiger charge is 2.07. The lowest BCUT2D eigenvalue weighted by Crippen LogP contribution is -2.25. The van der Waals surface area contributed by atoms with Crippen molar-refractivity contribution in [2.24, 2.45) is 5.73 Å². The number of benzene rings is 2. The Balaban J connectivity index is 1.91. The van der Waals surface area contributed by atoms with Gasteiger partial charge in [-0.25, -0.2) is 0 Å². The van der Waals surface area contributed by atoms with Gasteiger partial charge in [0.1, 0.15) is 0 Å². The molecule has 1 unspecified atom stereocenters. The van der Waals surface area contributed by atoms with Crippen molar-refractivity contribution in [3.63, 3.8) is 0 Å². The molecule has 2 rings (SSSR count). The van der Waals surface area contributed by atoms with Crippen LogP contribution in [0.1, 0.15) is 22.3 Å². The number of thioether (sulfide) groups is 1. The first-order valence-electron chi connectivity index (χ1n) is 7.06. The second-order valence-corrected chi connectivity index (χ2v) is 6.52. The van der Waals surface area contributed by atoms with Gasteiger partial charge in [-0.3, -0.25) is 0 Å². The molecule has 106 valence electrons. The van der Waals surface area contributed by atoms with Gasteiger partial charge in [-0.1, -0.05) is 36.4 Å². The van der Waals surface area contributed by atoms with E-state index in [2.05, 4.69) is 63.2 Å². The van der Waals surface area contributed by atoms with E-state index in [1.54, 1.807) is 0 Å². The largest absolute Gasteiger partial charge is 0.327 e. The van der Waals surface area contributed by atoms with Crippen LogP contribution < -0.4 is 5.73 Å². The van der Waals surface area contributed by atoms with Gasteiger partial charge < -0.3 is 5.73 Å². The predicted molar refractivity (Wildman–Crippen MR) is 89.5 cm³/mol. The van der Waals surface area contributed by atoms with Crippen molar-refractivity contribution >= 4 is 11.8 Å². The van der Waals surface area contributed by atoms with E-state index in [9.17, 15) is 0 Å². The van der Waals surface area contributed by atoms with E-state index in [0.29, 0.717) is 0 Å². The zero-order valence-electron chi connectivity index (χ0n) is 12.5. The Kier molecular flexibility index (Phi) is 5.27. The minimum atomic E-state index is 0.196. The summed E-state index contributed by atoms with van der Waals surface area (Å²) in [6.07, 6.45) is 0.944. The fourth-order valence-corrected chi connectivity index (χ4v) is 3.19. The Morgan fingerprint density at radius 3 is 2.40 bits per heavy atom. The van der Waals surface area contributed by atoms with Crippen molar-refractivity contribution in [1.29, 1.82) is 0 Å². The highest BCUT2D eigenvalue weighted by atomic mass is 32.2. The molecule has 0 bridgehead atoms. The third kappa shape index (κ3) is 4.12. The molecular weight excluding hydrogens is 262 g/mol. The van der Waals surface area contributed by atoms with Crippen LogP contribution in [0, 0.1) is 20.8 Å². The first-order valence-corrected chi connectivity index (χ1v) is 8.05. The molecule has 0 fully saturated rings. The van der Waals surface area contributed by atoms with E-state index in [1.807, 2.05) is 11.8 Å². The number of nitrogens with two attached hydrogens (primary N) is 1. The van der Waals surface area contributed by atoms with Gasteiger partial charge in [-0.15, -0.1) is 11.8 Å². The van der Waals surface area contributed by atoms with Crippen LogP contribution in [0.4, 0.5) is 0 Å². The molecule has 0 aliphatic heterocycles. The Hall–Kier alpha value is -1.25. The van der Waals surface area contributed by atoms with Crippen molar-refractivity contribution in [2.75, 3.05) is 5.75 Å². The SMILES string of the molecule is Cc1ccc(CC(N)CSc2ccccc2C)cc1C. The predicted octanol–water partition coefficient (Wildman–Crippen LogP) is 4.27. The van der Waals surface area contributed by atoms with Crippen molar-refractivity contribution < 1.29 is 0 Å². The van der Waals surface area contributed by atoms with Crippen LogP contribution in [-0.2, 0) is 6.42 Å². The Morgan fingerprint density at radius 2 is 1.70 bits per heavy atom. The van der Waals surface area contributed by atoms with E-state index >= 15 is 0 Å². The van der Waals surface area contributed by atoms with Crippen molar-refractivity contribution in [3.8, 4) is 0 Å². The maximum absolute atomic E-state index is 6.27. The number of hydrogen-bond donors (Lipinski definition) is 1. The molecular formula is C18H23NS. The normalized spacial score (nSPS) is 12.4. The van der Waals surface area contributed by atoms with Crippen LogP contribution in [-0.4, -0.2) is 11.8 Å². The summed E-state index contributed by atoms with van der Waals surface area (Å²) in [5.74, 6) is 0.956. The lowest BCUT2D eigenvalue weighted by Gasteiger charge is -2.13. The summed E-state index contributed by atoms with van der Waals surface area (Å²) in [5, 5.41) is 0. The first kappa shape index (κ1) is 15.1. The van der Waals surface area contributed by atoms with Gasteiger partial charge in [0, 0.05) is 16.7 Å². The number of aryl methyl sites for hydroxylation is 3. The minimum absolute atomic E-state index is 0.196. The Bertz CT molecular complexity index is 577. The van der Waals surface area contributed by atoms with Crippen molar-refractivity contribution in [3.05, 3.63) is 64.7 Å². The molecule has 0 saturated heterocycles. The third-order valence-electron chi connectivity index (χ3n) is 3.62. The van der Waals surface area contributed by atoms with Gasteiger partial charge in [-0.2, -0.15) is 0 Å². The zero-order chi connectivity index (χ0) is 14.5. The fraction of sp³-hybridized carbons (Fsp3) is 0.333. The molecule has 0 aliphatic rings. The van der Waals surface area contributed by atoms with Gasteiger partial charge in [0.25, 0.3) is 0 Å². The topological polar surface area (TPSA) is 26.0 Å². The number of rotatable bonds is 5. The summed E-state index contributed by atoms with van der Waals surface area (Å²) in [4.78, 5) is 1.34. The van der Waals surface area contributed by atoms with Gasteiger partial charge in [0.05, 0.1) is 0 Å². The smallest absolute Gasteiger partial charge is 0.0174 e. The lowest BCUT2D eigenvalue weighted by atomic mass is 10.0. The maximum atomic E-state index is 6.27. The summed E-state index contributed by atoms with van der Waals surface area (Å²) in [5.41, 5.74) is 11.6. The lowest BCUT2D eigenvalue weighted by molar-refractivity contribution is 0.748.